The zero-order valence-electron chi connectivity index (χ0n) is 15.1. The van der Waals surface area contributed by atoms with Crippen LogP contribution in [-0.2, 0) is 9.53 Å². The van der Waals surface area contributed by atoms with Crippen LogP contribution in [0.5, 0.6) is 5.75 Å². The van der Waals surface area contributed by atoms with Crippen LogP contribution in [0.3, 0.4) is 0 Å². The summed E-state index contributed by atoms with van der Waals surface area (Å²) in [5.41, 5.74) is 1.47. The monoisotopic (exact) mass is 388 g/mol. The number of piperazine rings is 1. The lowest BCUT2D eigenvalue weighted by molar-refractivity contribution is -0.134. The van der Waals surface area contributed by atoms with Crippen molar-refractivity contribution < 1.29 is 19.1 Å². The summed E-state index contributed by atoms with van der Waals surface area (Å²) < 4.78 is 10.3. The van der Waals surface area contributed by atoms with Crippen molar-refractivity contribution in [2.24, 2.45) is 0 Å². The minimum absolute atomic E-state index is 0.188. The summed E-state index contributed by atoms with van der Waals surface area (Å²) in [4.78, 5) is 28.2. The van der Waals surface area contributed by atoms with Gasteiger partial charge in [0, 0.05) is 36.9 Å². The molecular formula is C20H21ClN2O4. The fourth-order valence-electron chi connectivity index (χ4n) is 2.89. The topological polar surface area (TPSA) is 59.1 Å². The Morgan fingerprint density at radius 2 is 1.59 bits per heavy atom. The Hall–Kier alpha value is -2.73. The van der Waals surface area contributed by atoms with Gasteiger partial charge in [0.25, 0.3) is 5.91 Å². The van der Waals surface area contributed by atoms with Crippen LogP contribution in [0.15, 0.2) is 48.5 Å². The molecule has 0 aromatic heterocycles. The Kier molecular flexibility index (Phi) is 6.19. The molecule has 0 bridgehead atoms. The maximum atomic E-state index is 12.3. The number of hydrogen-bond acceptors (Lipinski definition) is 5. The van der Waals surface area contributed by atoms with Gasteiger partial charge in [0.2, 0.25) is 0 Å². The van der Waals surface area contributed by atoms with Gasteiger partial charge in [-0.1, -0.05) is 11.6 Å². The molecule has 1 heterocycles. The maximum Gasteiger partial charge on any atom is 0.338 e. The third kappa shape index (κ3) is 4.92. The van der Waals surface area contributed by atoms with E-state index in [1.54, 1.807) is 36.3 Å². The second-order valence-corrected chi connectivity index (χ2v) is 6.59. The van der Waals surface area contributed by atoms with E-state index in [4.69, 9.17) is 21.1 Å². The molecule has 2 aromatic rings. The molecule has 0 aliphatic carbocycles. The largest absolute Gasteiger partial charge is 0.497 e. The van der Waals surface area contributed by atoms with Crippen molar-refractivity contribution in [3.05, 3.63) is 59.1 Å². The molecule has 1 amide bonds. The highest BCUT2D eigenvalue weighted by molar-refractivity contribution is 6.30. The minimum atomic E-state index is -0.531. The van der Waals surface area contributed by atoms with Crippen molar-refractivity contribution in [3.63, 3.8) is 0 Å². The molecule has 1 aliphatic rings. The predicted octanol–water partition coefficient (Wildman–Crippen LogP) is 2.85. The number of rotatable bonds is 5. The predicted molar refractivity (Wildman–Crippen MR) is 104 cm³/mol. The van der Waals surface area contributed by atoms with Crippen LogP contribution < -0.4 is 9.64 Å². The molecule has 0 spiro atoms. The second-order valence-electron chi connectivity index (χ2n) is 6.15. The van der Waals surface area contributed by atoms with Crippen LogP contribution >= 0.6 is 11.6 Å². The first-order valence-electron chi connectivity index (χ1n) is 8.66. The van der Waals surface area contributed by atoms with Gasteiger partial charge in [-0.3, -0.25) is 4.79 Å². The summed E-state index contributed by atoms with van der Waals surface area (Å²) in [6.07, 6.45) is 0. The van der Waals surface area contributed by atoms with Crippen LogP contribution in [0.1, 0.15) is 10.4 Å². The molecule has 0 N–H and O–H groups in total. The van der Waals surface area contributed by atoms with Gasteiger partial charge in [-0.05, 0) is 48.5 Å². The van der Waals surface area contributed by atoms with Crippen LogP contribution in [-0.4, -0.2) is 56.7 Å². The molecule has 27 heavy (non-hydrogen) atoms. The zero-order chi connectivity index (χ0) is 19.2. The molecular weight excluding hydrogens is 368 g/mol. The lowest BCUT2D eigenvalue weighted by Gasteiger charge is -2.36. The summed E-state index contributed by atoms with van der Waals surface area (Å²) in [7, 11) is 1.64. The van der Waals surface area contributed by atoms with E-state index in [2.05, 4.69) is 4.90 Å². The van der Waals surface area contributed by atoms with Crippen LogP contribution in [0, 0.1) is 0 Å². The van der Waals surface area contributed by atoms with E-state index in [1.165, 1.54) is 0 Å². The van der Waals surface area contributed by atoms with E-state index >= 15 is 0 Å². The number of hydrogen-bond donors (Lipinski definition) is 0. The highest BCUT2D eigenvalue weighted by atomic mass is 35.5. The van der Waals surface area contributed by atoms with E-state index in [9.17, 15) is 9.59 Å². The SMILES string of the molecule is COc1ccc(N2CCN(C(=O)COC(=O)c3ccc(Cl)cc3)CC2)cc1. The Labute approximate surface area is 163 Å². The van der Waals surface area contributed by atoms with Crippen LogP contribution in [0.2, 0.25) is 5.02 Å². The maximum absolute atomic E-state index is 12.3. The van der Waals surface area contributed by atoms with Gasteiger partial charge >= 0.3 is 5.97 Å². The van der Waals surface area contributed by atoms with E-state index in [-0.39, 0.29) is 12.5 Å². The average Bonchev–Trinajstić information content (AvgIpc) is 2.72. The number of esters is 1. The van der Waals surface area contributed by atoms with Crippen molar-refractivity contribution in [2.45, 2.75) is 0 Å². The van der Waals surface area contributed by atoms with Crippen molar-refractivity contribution in [1.29, 1.82) is 0 Å². The lowest BCUT2D eigenvalue weighted by Crippen LogP contribution is -2.49. The van der Waals surface area contributed by atoms with E-state index in [0.29, 0.717) is 23.7 Å². The molecule has 6 nitrogen and oxygen atoms in total. The van der Waals surface area contributed by atoms with E-state index < -0.39 is 5.97 Å². The Balaban J connectivity index is 1.46. The number of methoxy groups -OCH3 is 1. The first-order valence-corrected chi connectivity index (χ1v) is 9.04. The molecule has 1 fully saturated rings. The fraction of sp³-hybridized carbons (Fsp3) is 0.300. The minimum Gasteiger partial charge on any atom is -0.497 e. The number of benzene rings is 2. The van der Waals surface area contributed by atoms with Crippen molar-refractivity contribution >= 4 is 29.2 Å². The summed E-state index contributed by atoms with van der Waals surface area (Å²) in [5.74, 6) is 0.0960. The van der Waals surface area contributed by atoms with Gasteiger partial charge in [-0.2, -0.15) is 0 Å². The molecule has 142 valence electrons. The molecule has 1 saturated heterocycles. The van der Waals surface area contributed by atoms with Gasteiger partial charge < -0.3 is 19.3 Å². The Bertz CT molecular complexity index is 785. The first-order chi connectivity index (χ1) is 13.1. The number of nitrogens with zero attached hydrogens (tertiary/aromatic N) is 2. The zero-order valence-corrected chi connectivity index (χ0v) is 15.8. The summed E-state index contributed by atoms with van der Waals surface area (Å²) in [5, 5.41) is 0.539. The number of carbonyl (C=O) groups is 2. The van der Waals surface area contributed by atoms with Crippen molar-refractivity contribution in [3.8, 4) is 5.75 Å². The van der Waals surface area contributed by atoms with Gasteiger partial charge in [0.05, 0.1) is 12.7 Å². The lowest BCUT2D eigenvalue weighted by atomic mass is 10.2. The number of carbonyl (C=O) groups excluding carboxylic acids is 2. The normalized spacial score (nSPS) is 14.0. The highest BCUT2D eigenvalue weighted by Gasteiger charge is 2.22. The quantitative estimate of drug-likeness (QED) is 0.737. The third-order valence-electron chi connectivity index (χ3n) is 4.48. The molecule has 0 radical (unpaired) electrons. The van der Waals surface area contributed by atoms with Crippen molar-refractivity contribution in [2.75, 3.05) is 44.8 Å². The van der Waals surface area contributed by atoms with Gasteiger partial charge in [0.15, 0.2) is 6.61 Å². The first kappa shape index (κ1) is 19.0. The van der Waals surface area contributed by atoms with Gasteiger partial charge in [-0.25, -0.2) is 4.79 Å². The van der Waals surface area contributed by atoms with E-state index in [0.717, 1.165) is 24.5 Å². The van der Waals surface area contributed by atoms with Gasteiger partial charge in [0.1, 0.15) is 5.75 Å². The molecule has 7 heteroatoms. The smallest absolute Gasteiger partial charge is 0.338 e. The standard InChI is InChI=1S/C20H21ClN2O4/c1-26-18-8-6-17(7-9-18)22-10-12-23(13-11-22)19(24)14-27-20(25)15-2-4-16(21)5-3-15/h2-9H,10-14H2,1H3. The fourth-order valence-corrected chi connectivity index (χ4v) is 3.02. The third-order valence-corrected chi connectivity index (χ3v) is 4.73. The van der Waals surface area contributed by atoms with Crippen LogP contribution in [0.4, 0.5) is 5.69 Å². The molecule has 0 saturated carbocycles. The van der Waals surface area contributed by atoms with Crippen molar-refractivity contribution in [1.82, 2.24) is 4.90 Å². The number of ether oxygens (including phenoxy) is 2. The number of anilines is 1. The molecule has 3 rings (SSSR count). The molecule has 0 unspecified atom stereocenters. The molecule has 0 atom stereocenters. The van der Waals surface area contributed by atoms with Crippen LogP contribution in [0.25, 0.3) is 0 Å². The second kappa shape index (κ2) is 8.77. The summed E-state index contributed by atoms with van der Waals surface area (Å²) in [6.45, 7) is 2.36. The average molecular weight is 389 g/mol. The van der Waals surface area contributed by atoms with Gasteiger partial charge in [-0.15, -0.1) is 0 Å². The Morgan fingerprint density at radius 1 is 0.963 bits per heavy atom. The van der Waals surface area contributed by atoms with E-state index in [1.807, 2.05) is 24.3 Å². The Morgan fingerprint density at radius 3 is 2.19 bits per heavy atom. The number of halogens is 1. The summed E-state index contributed by atoms with van der Waals surface area (Å²) in [6, 6.07) is 14.2. The molecule has 2 aromatic carbocycles. The highest BCUT2D eigenvalue weighted by Crippen LogP contribution is 2.20. The molecule has 1 aliphatic heterocycles. The number of amides is 1. The summed E-state index contributed by atoms with van der Waals surface area (Å²) >= 11 is 5.79.